The second-order valence-electron chi connectivity index (χ2n) is 1.30. The van der Waals surface area contributed by atoms with Crippen molar-refractivity contribution in [2.45, 2.75) is 77.5 Å². The molecular formula is C12H26. The van der Waals surface area contributed by atoms with Crippen molar-refractivity contribution < 1.29 is 32.9 Å². The van der Waals surface area contributed by atoms with Crippen LogP contribution in [0.5, 0.6) is 0 Å². The van der Waals surface area contributed by atoms with E-state index in [9.17, 15) is 0 Å². The van der Waals surface area contributed by atoms with E-state index in [1.807, 2.05) is 0 Å². The Morgan fingerprint density at radius 2 is 1.25 bits per heavy atom. The molecule has 0 atom stereocenters. The molecule has 0 heteroatoms. The first kappa shape index (κ1) is 1.19. The van der Waals surface area contributed by atoms with E-state index in [2.05, 4.69) is 0 Å². The summed E-state index contributed by atoms with van der Waals surface area (Å²) in [5, 5.41) is 0. The average molecular weight is 194 g/mol. The predicted molar refractivity (Wildman–Crippen MR) is 57.5 cm³/mol. The molecule has 12 heavy (non-hydrogen) atoms. The van der Waals surface area contributed by atoms with Crippen molar-refractivity contribution in [3.05, 3.63) is 0 Å². The van der Waals surface area contributed by atoms with Gasteiger partial charge in [-0.2, -0.15) is 0 Å². The molecule has 0 aromatic carbocycles. The lowest BCUT2D eigenvalue weighted by molar-refractivity contribution is 0.562. The van der Waals surface area contributed by atoms with Crippen LogP contribution in [0.3, 0.4) is 0 Å². The fraction of sp³-hybridized carbons (Fsp3) is 1.00. The SMILES string of the molecule is [2H]CC([2H])([2H])C([2H])([2H])C([2H])([2H])C([2H])([2H])C([2H])([2H])C([2H])([2H])C([2H])([2H])C([2H])([2H])C([2H])([2H])C([2H])([2H])C([2H])([2H])[2H]. The molecule has 0 fully saturated rings. The summed E-state index contributed by atoms with van der Waals surface area (Å²) in [6.45, 7) is -5.45. The van der Waals surface area contributed by atoms with Crippen molar-refractivity contribution in [3.8, 4) is 0 Å². The molecule has 0 spiro atoms. The molecule has 0 aliphatic rings. The standard InChI is InChI=1S/C12H26/c1-3-5-7-9-11-12-10-8-6-4-2/h3-12H2,1-2H3/i1D,2D3,3D2,4D2,5D2,6D2,7D2,8D2,9D2,10D2,11D2,12D2. The van der Waals surface area contributed by atoms with E-state index in [0.29, 0.717) is 0 Å². The molecule has 0 aliphatic heterocycles. The highest BCUT2D eigenvalue weighted by Crippen LogP contribution is 2.09. The smallest absolute Gasteiger partial charge is 0.0267 e. The Morgan fingerprint density at radius 3 is 1.75 bits per heavy atom. The van der Waals surface area contributed by atoms with Crippen LogP contribution in [0.4, 0.5) is 0 Å². The summed E-state index contributed by atoms with van der Waals surface area (Å²) < 4.78 is 184. The van der Waals surface area contributed by atoms with Crippen molar-refractivity contribution in [1.82, 2.24) is 0 Å². The minimum Gasteiger partial charge on any atom is -0.0654 e. The summed E-state index contributed by atoms with van der Waals surface area (Å²) in [7, 11) is 0. The maximum absolute atomic E-state index is 7.96. The summed E-state index contributed by atoms with van der Waals surface area (Å²) in [5.41, 5.74) is 0. The summed E-state index contributed by atoms with van der Waals surface area (Å²) in [5.74, 6) is 0. The van der Waals surface area contributed by atoms with Crippen molar-refractivity contribution >= 4 is 0 Å². The topological polar surface area (TPSA) is 0 Å². The Bertz CT molecular complexity index is 796. The van der Waals surface area contributed by atoms with E-state index in [-0.39, 0.29) is 0 Å². The Kier molecular flexibility index (Phi) is 1.09. The number of rotatable bonds is 9. The third kappa shape index (κ3) is 10.0. The van der Waals surface area contributed by atoms with Gasteiger partial charge in [-0.25, -0.2) is 0 Å². The monoisotopic (exact) mass is 194 g/mol. The summed E-state index contributed by atoms with van der Waals surface area (Å²) >= 11 is 0. The van der Waals surface area contributed by atoms with E-state index in [0.717, 1.165) is 0 Å². The molecule has 0 radical (unpaired) electrons. The zero-order valence-electron chi connectivity index (χ0n) is 30.2. The van der Waals surface area contributed by atoms with Gasteiger partial charge in [-0.05, 0) is 0 Å². The van der Waals surface area contributed by atoms with Crippen LogP contribution in [0.15, 0.2) is 0 Å². The average Bonchev–Trinajstić information content (AvgIpc) is 2.65. The minimum atomic E-state index is -4.69. The molecule has 0 saturated heterocycles. The highest BCUT2D eigenvalue weighted by Gasteiger charge is 1.90. The van der Waals surface area contributed by atoms with Crippen molar-refractivity contribution in [3.63, 3.8) is 0 Å². The van der Waals surface area contributed by atoms with Gasteiger partial charge in [-0.3, -0.25) is 0 Å². The molecule has 74 valence electrons. The van der Waals surface area contributed by atoms with E-state index >= 15 is 0 Å². The van der Waals surface area contributed by atoms with Crippen molar-refractivity contribution in [2.75, 3.05) is 0 Å². The van der Waals surface area contributed by atoms with Crippen LogP contribution in [0.2, 0.25) is 0 Å². The third-order valence-corrected chi connectivity index (χ3v) is 0.588. The number of hydrogen-bond donors (Lipinski definition) is 0. The van der Waals surface area contributed by atoms with Gasteiger partial charge in [0, 0.05) is 32.9 Å². The molecule has 0 aliphatic carbocycles. The van der Waals surface area contributed by atoms with Crippen LogP contribution in [-0.2, 0) is 0 Å². The van der Waals surface area contributed by atoms with Gasteiger partial charge >= 0.3 is 0 Å². The van der Waals surface area contributed by atoms with E-state index in [1.54, 1.807) is 0 Å². The van der Waals surface area contributed by atoms with Crippen LogP contribution in [0, 0.1) is 0 Å². The molecule has 0 heterocycles. The van der Waals surface area contributed by atoms with Gasteiger partial charge in [0.25, 0.3) is 0 Å². The molecule has 0 aromatic heterocycles. The zero-order chi connectivity index (χ0) is 30.2. The Labute approximate surface area is 112 Å². The van der Waals surface area contributed by atoms with Gasteiger partial charge in [0.05, 0.1) is 0 Å². The molecule has 0 aromatic rings. The molecule has 0 unspecified atom stereocenters. The van der Waals surface area contributed by atoms with Crippen LogP contribution in [0.25, 0.3) is 0 Å². The van der Waals surface area contributed by atoms with Gasteiger partial charge in [-0.1, -0.05) is 77.5 Å². The second kappa shape index (κ2) is 11.0. The Morgan fingerprint density at radius 1 is 0.750 bits per heavy atom. The third-order valence-electron chi connectivity index (χ3n) is 0.588. The lowest BCUT2D eigenvalue weighted by atomic mass is 10.1. The summed E-state index contributed by atoms with van der Waals surface area (Å²) in [6, 6.07) is 0. The zero-order valence-corrected chi connectivity index (χ0v) is 6.21. The lowest BCUT2D eigenvalue weighted by Gasteiger charge is -1.99. The highest BCUT2D eigenvalue weighted by molar-refractivity contribution is 4.45. The van der Waals surface area contributed by atoms with E-state index in [1.165, 1.54) is 0 Å². The first-order valence-corrected chi connectivity index (χ1v) is 2.85. The fourth-order valence-electron chi connectivity index (χ4n) is 0.263. The van der Waals surface area contributed by atoms with Gasteiger partial charge in [0.1, 0.15) is 0 Å². The molecule has 0 rings (SSSR count). The van der Waals surface area contributed by atoms with E-state index in [4.69, 9.17) is 32.9 Å². The molecule has 0 amide bonds. The van der Waals surface area contributed by atoms with Gasteiger partial charge in [0.2, 0.25) is 0 Å². The molecule has 0 saturated carbocycles. The maximum Gasteiger partial charge on any atom is 0.0267 e. The molecule has 0 bridgehead atoms. The molecular weight excluding hydrogens is 144 g/mol. The van der Waals surface area contributed by atoms with Gasteiger partial charge in [-0.15, -0.1) is 0 Å². The largest absolute Gasteiger partial charge is 0.0654 e. The molecule has 0 N–H and O–H groups in total. The Balaban J connectivity index is 7.18. The Hall–Kier alpha value is 0. The number of hydrogen-bond acceptors (Lipinski definition) is 0. The highest BCUT2D eigenvalue weighted by atomic mass is 14.0. The lowest BCUT2D eigenvalue weighted by Crippen LogP contribution is -1.80. The first-order valence-electron chi connectivity index (χ1n) is 15.1. The summed E-state index contributed by atoms with van der Waals surface area (Å²) in [4.78, 5) is 0. The van der Waals surface area contributed by atoms with Crippen molar-refractivity contribution in [2.24, 2.45) is 0 Å². The van der Waals surface area contributed by atoms with E-state index < -0.39 is 77.5 Å². The van der Waals surface area contributed by atoms with Gasteiger partial charge < -0.3 is 0 Å². The van der Waals surface area contributed by atoms with Crippen LogP contribution < -0.4 is 0 Å². The van der Waals surface area contributed by atoms with Crippen molar-refractivity contribution in [1.29, 1.82) is 0 Å². The van der Waals surface area contributed by atoms with Gasteiger partial charge in [0.15, 0.2) is 0 Å². The summed E-state index contributed by atoms with van der Waals surface area (Å²) in [6.07, 6.45) is -43.8. The van der Waals surface area contributed by atoms with Crippen LogP contribution in [-0.4, -0.2) is 0 Å². The fourth-order valence-corrected chi connectivity index (χ4v) is 0.263. The molecule has 0 nitrogen and oxygen atoms in total. The first-order chi connectivity index (χ1) is 15.1. The van der Waals surface area contributed by atoms with Crippen LogP contribution >= 0.6 is 0 Å². The minimum absolute atomic E-state index is 1.50. The predicted octanol–water partition coefficient (Wildman–Crippen LogP) is 4.93. The maximum atomic E-state index is 7.96. The normalized spacial score (nSPS) is 53.0. The quantitative estimate of drug-likeness (QED) is 0.488. The van der Waals surface area contributed by atoms with Crippen LogP contribution in [0.1, 0.15) is 110 Å². The second-order valence-corrected chi connectivity index (χ2v) is 1.30.